The number of rotatable bonds is 7. The summed E-state index contributed by atoms with van der Waals surface area (Å²) in [6, 6.07) is 9.46. The number of carbonyl (C=O) groups excluding carboxylic acids is 2. The Kier molecular flexibility index (Phi) is 6.36. The Balaban J connectivity index is 1.40. The Morgan fingerprint density at radius 2 is 1.91 bits per heavy atom. The van der Waals surface area contributed by atoms with Crippen molar-refractivity contribution < 1.29 is 14.3 Å². The van der Waals surface area contributed by atoms with Crippen molar-refractivity contribution >= 4 is 23.4 Å². The second-order valence-electron chi connectivity index (χ2n) is 9.63. The fourth-order valence-corrected chi connectivity index (χ4v) is 4.14. The number of anilines is 2. The maximum atomic E-state index is 13.2. The normalized spacial score (nSPS) is 20.1. The van der Waals surface area contributed by atoms with Crippen molar-refractivity contribution in [3.8, 4) is 11.4 Å². The molecule has 3 aliphatic rings. The highest BCUT2D eigenvalue weighted by Crippen LogP contribution is 2.30. The maximum absolute atomic E-state index is 13.2. The molecule has 1 aromatic heterocycles. The van der Waals surface area contributed by atoms with Crippen LogP contribution in [0, 0.1) is 5.92 Å². The number of hydrogen-bond acceptors (Lipinski definition) is 6. The zero-order valence-electron chi connectivity index (χ0n) is 19.8. The number of aromatic nitrogens is 2. The van der Waals surface area contributed by atoms with Gasteiger partial charge < -0.3 is 25.2 Å². The van der Waals surface area contributed by atoms with E-state index >= 15 is 0 Å². The number of carbonyl (C=O) groups is 2. The molecule has 0 spiro atoms. The van der Waals surface area contributed by atoms with E-state index in [1.54, 1.807) is 11.0 Å². The van der Waals surface area contributed by atoms with Crippen molar-refractivity contribution in [3.05, 3.63) is 36.0 Å². The van der Waals surface area contributed by atoms with Gasteiger partial charge in [0.2, 0.25) is 0 Å². The van der Waals surface area contributed by atoms with Gasteiger partial charge in [-0.15, -0.1) is 0 Å². The van der Waals surface area contributed by atoms with Crippen LogP contribution in [-0.4, -0.2) is 72.2 Å². The summed E-state index contributed by atoms with van der Waals surface area (Å²) in [5.41, 5.74) is 1.88. The predicted octanol–water partition coefficient (Wildman–Crippen LogP) is 3.13. The van der Waals surface area contributed by atoms with Crippen molar-refractivity contribution in [3.63, 3.8) is 0 Å². The summed E-state index contributed by atoms with van der Waals surface area (Å²) >= 11 is 0. The minimum Gasteiger partial charge on any atom is -0.377 e. The number of ether oxygens (including phenoxy) is 1. The number of nitrogens with one attached hydrogen (secondary N) is 2. The van der Waals surface area contributed by atoms with E-state index in [-0.39, 0.29) is 18.0 Å². The van der Waals surface area contributed by atoms with Crippen molar-refractivity contribution in [2.45, 2.75) is 44.7 Å². The first kappa shape index (κ1) is 22.6. The molecule has 9 nitrogen and oxygen atoms in total. The number of nitrogens with zero attached hydrogens (tertiary/aromatic N) is 4. The summed E-state index contributed by atoms with van der Waals surface area (Å²) in [6.07, 6.45) is 4.45. The lowest BCUT2D eigenvalue weighted by Gasteiger charge is -2.34. The van der Waals surface area contributed by atoms with Crippen molar-refractivity contribution in [1.82, 2.24) is 20.2 Å². The Bertz CT molecular complexity index is 1050. The number of hydrogen-bond donors (Lipinski definition) is 2. The SMILES string of the molecule is C[C@H]1COCCN1c1cc(C(=O)N(C)CC2CC2)nc(-c2ccc(NC(=O)NC3CC3)cc2)n1. The molecule has 2 heterocycles. The molecule has 5 rings (SSSR count). The predicted molar refractivity (Wildman–Crippen MR) is 130 cm³/mol. The van der Waals surface area contributed by atoms with E-state index in [1.807, 2.05) is 31.3 Å². The molecule has 2 aliphatic carbocycles. The summed E-state index contributed by atoms with van der Waals surface area (Å²) < 4.78 is 5.59. The summed E-state index contributed by atoms with van der Waals surface area (Å²) in [7, 11) is 1.84. The van der Waals surface area contributed by atoms with Crippen molar-refractivity contribution in [2.75, 3.05) is 43.6 Å². The molecule has 2 saturated carbocycles. The lowest BCUT2D eigenvalue weighted by molar-refractivity contribution is 0.0782. The van der Waals surface area contributed by atoms with E-state index in [1.165, 1.54) is 12.8 Å². The summed E-state index contributed by atoms with van der Waals surface area (Å²) in [4.78, 5) is 38.6. The Morgan fingerprint density at radius 3 is 2.59 bits per heavy atom. The fraction of sp³-hybridized carbons (Fsp3) is 0.520. The zero-order valence-corrected chi connectivity index (χ0v) is 19.8. The molecule has 1 aliphatic heterocycles. The van der Waals surface area contributed by atoms with Crippen LogP contribution in [0.5, 0.6) is 0 Å². The molecular weight excluding hydrogens is 432 g/mol. The van der Waals surface area contributed by atoms with Crippen LogP contribution in [0.1, 0.15) is 43.1 Å². The second-order valence-corrected chi connectivity index (χ2v) is 9.63. The average molecular weight is 465 g/mol. The molecule has 0 radical (unpaired) electrons. The highest BCUT2D eigenvalue weighted by molar-refractivity contribution is 5.93. The van der Waals surface area contributed by atoms with Gasteiger partial charge in [-0.25, -0.2) is 14.8 Å². The first-order valence-corrected chi connectivity index (χ1v) is 12.1. The van der Waals surface area contributed by atoms with Crippen molar-refractivity contribution in [2.24, 2.45) is 5.92 Å². The van der Waals surface area contributed by atoms with Gasteiger partial charge in [-0.1, -0.05) is 0 Å². The molecule has 1 saturated heterocycles. The maximum Gasteiger partial charge on any atom is 0.319 e. The quantitative estimate of drug-likeness (QED) is 0.653. The standard InChI is InChI=1S/C25H32N6O3/c1-16-15-34-12-11-31(16)22-13-21(24(32)30(2)14-17-3-4-17)28-23(29-22)18-5-7-19(8-6-18)26-25(33)27-20-9-10-20/h5-8,13,16-17,20H,3-4,9-12,14-15H2,1-2H3,(H2,26,27,33)/t16-/m0/s1. The third-order valence-corrected chi connectivity index (χ3v) is 6.48. The molecule has 34 heavy (non-hydrogen) atoms. The van der Waals surface area contributed by atoms with Crippen LogP contribution in [0.3, 0.4) is 0 Å². The highest BCUT2D eigenvalue weighted by Gasteiger charge is 2.28. The van der Waals surface area contributed by atoms with E-state index in [2.05, 4.69) is 27.4 Å². The van der Waals surface area contributed by atoms with E-state index < -0.39 is 0 Å². The van der Waals surface area contributed by atoms with Crippen LogP contribution in [0.4, 0.5) is 16.3 Å². The van der Waals surface area contributed by atoms with Crippen LogP contribution in [0.25, 0.3) is 11.4 Å². The number of urea groups is 1. The largest absolute Gasteiger partial charge is 0.377 e. The lowest BCUT2D eigenvalue weighted by Crippen LogP contribution is -2.44. The van der Waals surface area contributed by atoms with Crippen LogP contribution < -0.4 is 15.5 Å². The molecular formula is C25H32N6O3. The van der Waals surface area contributed by atoms with Gasteiger partial charge in [-0.3, -0.25) is 4.79 Å². The lowest BCUT2D eigenvalue weighted by atomic mass is 10.1. The van der Waals surface area contributed by atoms with Gasteiger partial charge in [0, 0.05) is 43.5 Å². The van der Waals surface area contributed by atoms with Crippen LogP contribution in [-0.2, 0) is 4.74 Å². The monoisotopic (exact) mass is 464 g/mol. The van der Waals surface area contributed by atoms with E-state index in [4.69, 9.17) is 9.72 Å². The first-order valence-electron chi connectivity index (χ1n) is 12.1. The van der Waals surface area contributed by atoms with Gasteiger partial charge >= 0.3 is 6.03 Å². The topological polar surface area (TPSA) is 99.7 Å². The summed E-state index contributed by atoms with van der Waals surface area (Å²) in [6.45, 7) is 4.80. The Labute approximate surface area is 199 Å². The van der Waals surface area contributed by atoms with Gasteiger partial charge in [0.15, 0.2) is 5.82 Å². The van der Waals surface area contributed by atoms with Gasteiger partial charge in [0.05, 0.1) is 19.3 Å². The van der Waals surface area contributed by atoms with E-state index in [0.29, 0.717) is 48.9 Å². The molecule has 1 atom stereocenters. The minimum absolute atomic E-state index is 0.0900. The van der Waals surface area contributed by atoms with E-state index in [0.717, 1.165) is 30.8 Å². The average Bonchev–Trinajstić information content (AvgIpc) is 3.77. The van der Waals surface area contributed by atoms with E-state index in [9.17, 15) is 9.59 Å². The first-order chi connectivity index (χ1) is 16.5. The minimum atomic E-state index is -0.193. The van der Waals surface area contributed by atoms with Crippen LogP contribution >= 0.6 is 0 Å². The second kappa shape index (κ2) is 9.58. The number of amides is 3. The Hall–Kier alpha value is -3.20. The summed E-state index contributed by atoms with van der Waals surface area (Å²) in [5, 5.41) is 5.77. The Morgan fingerprint density at radius 1 is 1.15 bits per heavy atom. The van der Waals surface area contributed by atoms with Gasteiger partial charge in [-0.05, 0) is 62.8 Å². The number of benzene rings is 1. The molecule has 2 aromatic rings. The van der Waals surface area contributed by atoms with Gasteiger partial charge in [-0.2, -0.15) is 0 Å². The number of morpholine rings is 1. The van der Waals surface area contributed by atoms with Crippen molar-refractivity contribution in [1.29, 1.82) is 0 Å². The third-order valence-electron chi connectivity index (χ3n) is 6.48. The molecule has 0 unspecified atom stereocenters. The highest BCUT2D eigenvalue weighted by atomic mass is 16.5. The van der Waals surface area contributed by atoms with Crippen LogP contribution in [0.2, 0.25) is 0 Å². The zero-order chi connectivity index (χ0) is 23.7. The smallest absolute Gasteiger partial charge is 0.319 e. The summed E-state index contributed by atoms with van der Waals surface area (Å²) in [5.74, 6) is 1.74. The molecule has 9 heteroatoms. The van der Waals surface area contributed by atoms with Crippen LogP contribution in [0.15, 0.2) is 30.3 Å². The molecule has 3 fully saturated rings. The molecule has 0 bridgehead atoms. The van der Waals surface area contributed by atoms with Gasteiger partial charge in [0.25, 0.3) is 5.91 Å². The molecule has 3 amide bonds. The molecule has 1 aromatic carbocycles. The van der Waals surface area contributed by atoms with Gasteiger partial charge in [0.1, 0.15) is 11.5 Å². The molecule has 180 valence electrons. The fourth-order valence-electron chi connectivity index (χ4n) is 4.14. The molecule has 2 N–H and O–H groups in total. The third kappa shape index (κ3) is 5.47.